The van der Waals surface area contributed by atoms with Crippen molar-refractivity contribution >= 4 is 5.91 Å². The van der Waals surface area contributed by atoms with Crippen molar-refractivity contribution in [2.24, 2.45) is 5.41 Å². The second-order valence-corrected chi connectivity index (χ2v) is 5.46. The van der Waals surface area contributed by atoms with Crippen LogP contribution in [0.5, 0.6) is 0 Å². The summed E-state index contributed by atoms with van der Waals surface area (Å²) in [5.74, 6) is 0.156. The first-order chi connectivity index (χ1) is 8.45. The number of carbonyl (C=O) groups excluding carboxylic acids is 1. The monoisotopic (exact) mass is 249 g/mol. The van der Waals surface area contributed by atoms with Crippen molar-refractivity contribution in [3.8, 4) is 0 Å². The Kier molecular flexibility index (Phi) is 5.35. The van der Waals surface area contributed by atoms with E-state index in [2.05, 4.69) is 0 Å². The van der Waals surface area contributed by atoms with E-state index in [1.54, 1.807) is 7.11 Å². The van der Waals surface area contributed by atoms with Gasteiger partial charge in [-0.05, 0) is 5.56 Å². The second kappa shape index (κ2) is 6.55. The Hall–Kier alpha value is -1.35. The van der Waals surface area contributed by atoms with Crippen LogP contribution in [0.15, 0.2) is 30.3 Å². The Morgan fingerprint density at radius 2 is 1.83 bits per heavy atom. The topological polar surface area (TPSA) is 29.5 Å². The van der Waals surface area contributed by atoms with Crippen molar-refractivity contribution in [3.05, 3.63) is 35.9 Å². The smallest absolute Gasteiger partial charge is 0.228 e. The molecule has 1 aromatic rings. The summed E-state index contributed by atoms with van der Waals surface area (Å²) < 4.78 is 5.08. The minimum atomic E-state index is -0.359. The Labute approximate surface area is 110 Å². The minimum Gasteiger partial charge on any atom is -0.383 e. The van der Waals surface area contributed by atoms with Gasteiger partial charge in [-0.2, -0.15) is 0 Å². The van der Waals surface area contributed by atoms with Gasteiger partial charge >= 0.3 is 0 Å². The van der Waals surface area contributed by atoms with Gasteiger partial charge in [0.2, 0.25) is 5.91 Å². The Bertz CT molecular complexity index is 368. The lowest BCUT2D eigenvalue weighted by molar-refractivity contribution is -0.140. The third kappa shape index (κ3) is 4.49. The maximum absolute atomic E-state index is 12.3. The van der Waals surface area contributed by atoms with Crippen LogP contribution in [0.2, 0.25) is 0 Å². The summed E-state index contributed by atoms with van der Waals surface area (Å²) in [7, 11) is 1.66. The molecule has 0 aliphatic carbocycles. The second-order valence-electron chi connectivity index (χ2n) is 5.46. The molecule has 0 spiro atoms. The van der Waals surface area contributed by atoms with E-state index in [9.17, 15) is 4.79 Å². The summed E-state index contributed by atoms with van der Waals surface area (Å²) in [5.41, 5.74) is 0.786. The van der Waals surface area contributed by atoms with Crippen LogP contribution in [0.3, 0.4) is 0 Å². The summed E-state index contributed by atoms with van der Waals surface area (Å²) in [4.78, 5) is 14.2. The molecule has 1 aromatic carbocycles. The number of hydrogen-bond acceptors (Lipinski definition) is 2. The highest BCUT2D eigenvalue weighted by atomic mass is 16.5. The molecule has 3 heteroatoms. The van der Waals surface area contributed by atoms with Gasteiger partial charge in [0.15, 0.2) is 0 Å². The first-order valence-corrected chi connectivity index (χ1v) is 6.27. The number of rotatable bonds is 5. The highest BCUT2D eigenvalue weighted by Crippen LogP contribution is 2.19. The first-order valence-electron chi connectivity index (χ1n) is 6.27. The van der Waals surface area contributed by atoms with E-state index < -0.39 is 0 Å². The van der Waals surface area contributed by atoms with E-state index in [-0.39, 0.29) is 11.3 Å². The van der Waals surface area contributed by atoms with Crippen molar-refractivity contribution in [2.45, 2.75) is 27.3 Å². The fourth-order valence-electron chi connectivity index (χ4n) is 1.73. The van der Waals surface area contributed by atoms with Crippen molar-refractivity contribution < 1.29 is 9.53 Å². The number of methoxy groups -OCH3 is 1. The standard InChI is InChI=1S/C15H23NO2/c1-15(2,3)14(17)16(10-11-18-4)12-13-8-6-5-7-9-13/h5-9H,10-12H2,1-4H3. The lowest BCUT2D eigenvalue weighted by Crippen LogP contribution is -2.40. The van der Waals surface area contributed by atoms with Gasteiger partial charge in [0.25, 0.3) is 0 Å². The number of ether oxygens (including phenoxy) is 1. The number of nitrogens with zero attached hydrogens (tertiary/aromatic N) is 1. The lowest BCUT2D eigenvalue weighted by atomic mass is 9.94. The van der Waals surface area contributed by atoms with E-state index >= 15 is 0 Å². The minimum absolute atomic E-state index is 0.156. The Morgan fingerprint density at radius 1 is 1.22 bits per heavy atom. The fourth-order valence-corrected chi connectivity index (χ4v) is 1.73. The highest BCUT2D eigenvalue weighted by molar-refractivity contribution is 5.81. The predicted octanol–water partition coefficient (Wildman–Crippen LogP) is 2.71. The van der Waals surface area contributed by atoms with E-state index in [0.717, 1.165) is 5.56 Å². The molecule has 3 nitrogen and oxygen atoms in total. The zero-order valence-corrected chi connectivity index (χ0v) is 11.8. The molecule has 0 atom stereocenters. The molecule has 0 fully saturated rings. The maximum Gasteiger partial charge on any atom is 0.228 e. The molecule has 1 rings (SSSR count). The molecular weight excluding hydrogens is 226 g/mol. The summed E-state index contributed by atoms with van der Waals surface area (Å²) in [6.45, 7) is 7.66. The van der Waals surface area contributed by atoms with E-state index in [4.69, 9.17) is 4.74 Å². The van der Waals surface area contributed by atoms with E-state index in [1.807, 2.05) is 56.0 Å². The lowest BCUT2D eigenvalue weighted by Gasteiger charge is -2.29. The van der Waals surface area contributed by atoms with Gasteiger partial charge < -0.3 is 9.64 Å². The number of carbonyl (C=O) groups is 1. The maximum atomic E-state index is 12.3. The van der Waals surface area contributed by atoms with Crippen LogP contribution in [0.1, 0.15) is 26.3 Å². The van der Waals surface area contributed by atoms with Gasteiger partial charge in [0.05, 0.1) is 6.61 Å². The van der Waals surface area contributed by atoms with Crippen LogP contribution in [0.25, 0.3) is 0 Å². The molecule has 0 aliphatic heterocycles. The molecule has 0 saturated carbocycles. The van der Waals surface area contributed by atoms with Crippen LogP contribution in [0, 0.1) is 5.41 Å². The van der Waals surface area contributed by atoms with Crippen LogP contribution in [-0.4, -0.2) is 31.1 Å². The van der Waals surface area contributed by atoms with E-state index in [0.29, 0.717) is 19.7 Å². The summed E-state index contributed by atoms with van der Waals surface area (Å²) in [6.07, 6.45) is 0. The molecule has 18 heavy (non-hydrogen) atoms. The molecule has 0 heterocycles. The molecule has 0 aromatic heterocycles. The zero-order chi connectivity index (χ0) is 13.6. The van der Waals surface area contributed by atoms with Crippen LogP contribution >= 0.6 is 0 Å². The fraction of sp³-hybridized carbons (Fsp3) is 0.533. The summed E-state index contributed by atoms with van der Waals surface area (Å²) in [5, 5.41) is 0. The van der Waals surface area contributed by atoms with Gasteiger partial charge in [-0.3, -0.25) is 4.79 Å². The van der Waals surface area contributed by atoms with Crippen LogP contribution in [-0.2, 0) is 16.1 Å². The molecule has 0 bridgehead atoms. The average Bonchev–Trinajstić information content (AvgIpc) is 2.33. The number of hydrogen-bond donors (Lipinski definition) is 0. The zero-order valence-electron chi connectivity index (χ0n) is 11.8. The predicted molar refractivity (Wildman–Crippen MR) is 73.2 cm³/mol. The first kappa shape index (κ1) is 14.7. The molecule has 0 aliphatic rings. The Morgan fingerprint density at radius 3 is 2.33 bits per heavy atom. The molecule has 0 N–H and O–H groups in total. The Balaban J connectivity index is 2.76. The number of amides is 1. The van der Waals surface area contributed by atoms with Crippen LogP contribution in [0.4, 0.5) is 0 Å². The normalized spacial score (nSPS) is 11.3. The van der Waals surface area contributed by atoms with Crippen molar-refractivity contribution in [1.29, 1.82) is 0 Å². The molecule has 0 saturated heterocycles. The molecule has 1 amide bonds. The molecular formula is C15H23NO2. The van der Waals surface area contributed by atoms with Gasteiger partial charge in [0.1, 0.15) is 0 Å². The molecule has 0 radical (unpaired) electrons. The van der Waals surface area contributed by atoms with Gasteiger partial charge in [-0.1, -0.05) is 51.1 Å². The largest absolute Gasteiger partial charge is 0.383 e. The van der Waals surface area contributed by atoms with Gasteiger partial charge in [0, 0.05) is 25.6 Å². The molecule has 100 valence electrons. The highest BCUT2D eigenvalue weighted by Gasteiger charge is 2.26. The van der Waals surface area contributed by atoms with Crippen molar-refractivity contribution in [2.75, 3.05) is 20.3 Å². The van der Waals surface area contributed by atoms with Gasteiger partial charge in [-0.25, -0.2) is 0 Å². The molecule has 0 unspecified atom stereocenters. The number of benzene rings is 1. The third-order valence-electron chi connectivity index (χ3n) is 2.71. The summed E-state index contributed by atoms with van der Waals surface area (Å²) >= 11 is 0. The van der Waals surface area contributed by atoms with Crippen molar-refractivity contribution in [1.82, 2.24) is 4.90 Å². The van der Waals surface area contributed by atoms with Crippen molar-refractivity contribution in [3.63, 3.8) is 0 Å². The summed E-state index contributed by atoms with van der Waals surface area (Å²) in [6, 6.07) is 10.0. The third-order valence-corrected chi connectivity index (χ3v) is 2.71. The van der Waals surface area contributed by atoms with Crippen LogP contribution < -0.4 is 0 Å². The van der Waals surface area contributed by atoms with E-state index in [1.165, 1.54) is 0 Å². The quantitative estimate of drug-likeness (QED) is 0.803. The average molecular weight is 249 g/mol. The van der Waals surface area contributed by atoms with Gasteiger partial charge in [-0.15, -0.1) is 0 Å². The SMILES string of the molecule is COCCN(Cc1ccccc1)C(=O)C(C)(C)C.